The molecule has 0 fully saturated rings. The number of aromatic carboxylic acids is 3. The second-order valence-corrected chi connectivity index (χ2v) is 8.03. The van der Waals surface area contributed by atoms with E-state index in [2.05, 4.69) is 15.0 Å². The van der Waals surface area contributed by atoms with Gasteiger partial charge in [0.2, 0.25) is 0 Å². The number of benzene rings is 3. The van der Waals surface area contributed by atoms with Gasteiger partial charge in [-0.1, -0.05) is 72.8 Å². The number of carbonyl (C=O) groups excluding carboxylic acids is 3. The molecule has 3 heterocycles. The van der Waals surface area contributed by atoms with Gasteiger partial charge in [-0.15, -0.1) is 0 Å². The zero-order chi connectivity index (χ0) is 27.8. The maximum absolute atomic E-state index is 10.5. The minimum absolute atomic E-state index is 0. The largest absolute Gasteiger partial charge is 3.00 e. The van der Waals surface area contributed by atoms with Crippen molar-refractivity contribution >= 4 is 50.6 Å². The van der Waals surface area contributed by atoms with Crippen molar-refractivity contribution in [3.05, 3.63) is 126 Å². The molecule has 3 aromatic heterocycles. The molecule has 0 amide bonds. The van der Waals surface area contributed by atoms with Crippen LogP contribution >= 0.6 is 0 Å². The summed E-state index contributed by atoms with van der Waals surface area (Å²) in [4.78, 5) is 43.2. The molecule has 40 heavy (non-hydrogen) atoms. The number of rotatable bonds is 3. The SMILES string of the molecule is O=C([O-])c1ccc2ccccc2n1.O=C([O-])c1ccc2ccccc2n1.O=C([O-])c1ccc2ccccc2n1.[Ru+3]. The minimum Gasteiger partial charge on any atom is -0.543 e. The Balaban J connectivity index is 0.000000163. The van der Waals surface area contributed by atoms with E-state index in [4.69, 9.17) is 0 Å². The fourth-order valence-electron chi connectivity index (χ4n) is 3.54. The third-order valence-corrected chi connectivity index (χ3v) is 5.42. The molecule has 0 atom stereocenters. The van der Waals surface area contributed by atoms with Crippen molar-refractivity contribution in [2.45, 2.75) is 0 Å². The first-order valence-electron chi connectivity index (χ1n) is 11.5. The molecule has 0 bridgehead atoms. The second-order valence-electron chi connectivity index (χ2n) is 8.03. The topological polar surface area (TPSA) is 159 Å². The zero-order valence-corrected chi connectivity index (χ0v) is 22.3. The maximum atomic E-state index is 10.5. The number of fused-ring (bicyclic) bond motifs is 3. The molecule has 0 N–H and O–H groups in total. The number of aromatic nitrogens is 3. The number of para-hydroxylation sites is 3. The molecule has 3 aromatic carbocycles. The molecule has 0 saturated carbocycles. The van der Waals surface area contributed by atoms with E-state index >= 15 is 0 Å². The summed E-state index contributed by atoms with van der Waals surface area (Å²) < 4.78 is 0. The number of carboxylic acids is 3. The number of hydrogen-bond donors (Lipinski definition) is 0. The van der Waals surface area contributed by atoms with Gasteiger partial charge in [-0.3, -0.25) is 0 Å². The smallest absolute Gasteiger partial charge is 0.543 e. The van der Waals surface area contributed by atoms with Gasteiger partial charge in [-0.05, 0) is 36.4 Å². The Bertz CT molecular complexity index is 1610. The van der Waals surface area contributed by atoms with E-state index in [1.165, 1.54) is 18.2 Å². The van der Waals surface area contributed by atoms with Crippen molar-refractivity contribution in [3.63, 3.8) is 0 Å². The molecule has 6 aromatic rings. The van der Waals surface area contributed by atoms with E-state index in [1.54, 1.807) is 36.4 Å². The Morgan fingerprint density at radius 1 is 0.400 bits per heavy atom. The number of pyridine rings is 3. The van der Waals surface area contributed by atoms with Crippen LogP contribution in [-0.2, 0) is 19.5 Å². The Labute approximate surface area is 240 Å². The Morgan fingerprint density at radius 2 is 0.650 bits per heavy atom. The molecule has 0 aliphatic carbocycles. The van der Waals surface area contributed by atoms with E-state index < -0.39 is 17.9 Å². The summed E-state index contributed by atoms with van der Waals surface area (Å²) in [7, 11) is 0. The molecule has 0 aliphatic rings. The van der Waals surface area contributed by atoms with Gasteiger partial charge in [-0.25, -0.2) is 15.0 Å². The molecule has 0 spiro atoms. The Hall–Kier alpha value is -5.08. The summed E-state index contributed by atoms with van der Waals surface area (Å²) in [6.07, 6.45) is 0. The molecule has 9 nitrogen and oxygen atoms in total. The van der Waals surface area contributed by atoms with E-state index in [0.29, 0.717) is 16.6 Å². The Morgan fingerprint density at radius 3 is 0.900 bits per heavy atom. The van der Waals surface area contributed by atoms with Crippen LogP contribution in [0.1, 0.15) is 31.5 Å². The number of carboxylic acid groups (broad SMARTS) is 3. The number of nitrogens with zero attached hydrogens (tertiary/aromatic N) is 3. The summed E-state index contributed by atoms with van der Waals surface area (Å²) in [5.74, 6) is -3.73. The Kier molecular flexibility index (Phi) is 10.1. The fourth-order valence-corrected chi connectivity index (χ4v) is 3.54. The van der Waals surface area contributed by atoms with Gasteiger partial charge in [0.15, 0.2) is 0 Å². The van der Waals surface area contributed by atoms with Gasteiger partial charge in [0, 0.05) is 16.2 Å². The first-order chi connectivity index (χ1) is 18.8. The van der Waals surface area contributed by atoms with Crippen LogP contribution in [0.3, 0.4) is 0 Å². The molecule has 0 unspecified atom stereocenters. The molecule has 0 saturated heterocycles. The van der Waals surface area contributed by atoms with Crippen LogP contribution in [0.4, 0.5) is 0 Å². The van der Waals surface area contributed by atoms with Gasteiger partial charge < -0.3 is 29.7 Å². The van der Waals surface area contributed by atoms with Crippen LogP contribution in [0.15, 0.2) is 109 Å². The third kappa shape index (κ3) is 7.49. The van der Waals surface area contributed by atoms with Crippen molar-refractivity contribution in [2.24, 2.45) is 0 Å². The summed E-state index contributed by atoms with van der Waals surface area (Å²) in [6, 6.07) is 31.5. The maximum Gasteiger partial charge on any atom is 3.00 e. The standard InChI is InChI=1S/3C10H7NO2.Ru/c3*12-10(13)9-6-5-7-3-1-2-4-8(7)11-9;/h3*1-6H,(H,12,13);/q;;;+3/p-3. The monoisotopic (exact) mass is 618 g/mol. The van der Waals surface area contributed by atoms with Crippen LogP contribution < -0.4 is 15.3 Å². The van der Waals surface area contributed by atoms with Gasteiger partial charge >= 0.3 is 19.5 Å². The number of carbonyl (C=O) groups is 3. The van der Waals surface area contributed by atoms with Crippen LogP contribution in [0, 0.1) is 0 Å². The van der Waals surface area contributed by atoms with E-state index in [-0.39, 0.29) is 36.6 Å². The van der Waals surface area contributed by atoms with Crippen LogP contribution in [0.2, 0.25) is 0 Å². The first kappa shape index (κ1) is 29.5. The average Bonchev–Trinajstić information content (AvgIpc) is 2.97. The van der Waals surface area contributed by atoms with Gasteiger partial charge in [0.05, 0.1) is 51.5 Å². The molecule has 10 heteroatoms. The van der Waals surface area contributed by atoms with Crippen LogP contribution in [0.5, 0.6) is 0 Å². The van der Waals surface area contributed by atoms with Crippen LogP contribution in [-0.4, -0.2) is 32.9 Å². The quantitative estimate of drug-likeness (QED) is 0.270. The van der Waals surface area contributed by atoms with Gasteiger partial charge in [0.25, 0.3) is 0 Å². The van der Waals surface area contributed by atoms with Crippen molar-refractivity contribution in [3.8, 4) is 0 Å². The normalized spacial score (nSPS) is 9.90. The molecular weight excluding hydrogens is 599 g/mol. The molecule has 197 valence electrons. The summed E-state index contributed by atoms with van der Waals surface area (Å²) in [6.45, 7) is 0. The average molecular weight is 618 g/mol. The third-order valence-electron chi connectivity index (χ3n) is 5.42. The molecule has 1 radical (unpaired) electrons. The van der Waals surface area contributed by atoms with E-state index in [1.807, 2.05) is 54.6 Å². The van der Waals surface area contributed by atoms with Gasteiger partial charge in [-0.2, -0.15) is 0 Å². The molecule has 6 rings (SSSR count). The van der Waals surface area contributed by atoms with Gasteiger partial charge in [0.1, 0.15) is 0 Å². The fraction of sp³-hybridized carbons (Fsp3) is 0. The predicted molar refractivity (Wildman–Crippen MR) is 138 cm³/mol. The van der Waals surface area contributed by atoms with Crippen molar-refractivity contribution < 1.29 is 49.2 Å². The zero-order valence-electron chi connectivity index (χ0n) is 20.5. The van der Waals surface area contributed by atoms with Crippen LogP contribution in [0.25, 0.3) is 32.7 Å². The summed E-state index contributed by atoms with van der Waals surface area (Å²) >= 11 is 0. The van der Waals surface area contributed by atoms with E-state index in [0.717, 1.165) is 16.2 Å². The summed E-state index contributed by atoms with van der Waals surface area (Å²) in [5, 5.41) is 34.2. The summed E-state index contributed by atoms with van der Waals surface area (Å²) in [5.41, 5.74) is 1.92. The van der Waals surface area contributed by atoms with Crippen molar-refractivity contribution in [2.75, 3.05) is 0 Å². The predicted octanol–water partition coefficient (Wildman–Crippen LogP) is 1.79. The number of hydrogen-bond acceptors (Lipinski definition) is 9. The van der Waals surface area contributed by atoms with Crippen molar-refractivity contribution in [1.82, 2.24) is 15.0 Å². The second kappa shape index (κ2) is 13.6. The van der Waals surface area contributed by atoms with Crippen molar-refractivity contribution in [1.29, 1.82) is 0 Å². The molecule has 0 aliphatic heterocycles. The minimum atomic E-state index is -1.24. The van der Waals surface area contributed by atoms with E-state index in [9.17, 15) is 29.7 Å². The molecular formula is C30H18N3O6Ru. The first-order valence-corrected chi connectivity index (χ1v) is 11.5.